The fourth-order valence-corrected chi connectivity index (χ4v) is 5.11. The Balaban J connectivity index is 1.53. The molecule has 1 saturated heterocycles. The smallest absolute Gasteiger partial charge is 0.149 e. The maximum absolute atomic E-state index is 12.8. The topological polar surface area (TPSA) is 44.7 Å². The zero-order valence-corrected chi connectivity index (χ0v) is 17.0. The van der Waals surface area contributed by atoms with Gasteiger partial charge >= 0.3 is 0 Å². The van der Waals surface area contributed by atoms with Gasteiger partial charge in [-0.1, -0.05) is 25.5 Å². The van der Waals surface area contributed by atoms with Crippen LogP contribution >= 0.6 is 0 Å². The first-order chi connectivity index (χ1) is 13.2. The van der Waals surface area contributed by atoms with Crippen LogP contribution in [0.25, 0.3) is 0 Å². The van der Waals surface area contributed by atoms with Crippen molar-refractivity contribution in [1.82, 2.24) is 10.2 Å². The fourth-order valence-electron chi connectivity index (χ4n) is 5.11. The lowest BCUT2D eigenvalue weighted by Gasteiger charge is -2.42. The number of hydrogen-bond donors (Lipinski definition) is 2. The van der Waals surface area contributed by atoms with E-state index in [2.05, 4.69) is 36.2 Å². The minimum Gasteiger partial charge on any atom is -0.490 e. The predicted octanol–water partition coefficient (Wildman–Crippen LogP) is 3.57. The number of halogens is 1. The van der Waals surface area contributed by atoms with E-state index in [0.29, 0.717) is 24.0 Å². The molecule has 0 bridgehead atoms. The summed E-state index contributed by atoms with van der Waals surface area (Å²) in [6.07, 6.45) is 11.8. The molecule has 5 heteroatoms. The number of allylic oxidation sites excluding steroid dienone is 1. The van der Waals surface area contributed by atoms with E-state index in [1.807, 2.05) is 0 Å². The van der Waals surface area contributed by atoms with E-state index in [9.17, 15) is 4.39 Å². The van der Waals surface area contributed by atoms with Crippen LogP contribution in [-0.4, -0.2) is 60.6 Å². The highest BCUT2D eigenvalue weighted by Crippen LogP contribution is 2.36. The Morgan fingerprint density at radius 1 is 1.22 bits per heavy atom. The summed E-state index contributed by atoms with van der Waals surface area (Å²) in [5.74, 6) is 1.43. The van der Waals surface area contributed by atoms with Crippen LogP contribution in [0.4, 0.5) is 4.39 Å². The molecule has 0 spiro atoms. The number of alkyl halides is 1. The SMILES string of the molecule is CCN(CC)[C@H]1CC=C([C@@H]2CC[C@@H]3CC(OC(CO)CF)=CC[C@@H]3N2)CC1. The number of aliphatic hydroxyl groups is 1. The van der Waals surface area contributed by atoms with Crippen LogP contribution in [0.5, 0.6) is 0 Å². The molecule has 5 atom stereocenters. The average molecular weight is 381 g/mol. The highest BCUT2D eigenvalue weighted by Gasteiger charge is 2.35. The summed E-state index contributed by atoms with van der Waals surface area (Å²) >= 11 is 0. The van der Waals surface area contributed by atoms with Crippen molar-refractivity contribution in [2.45, 2.75) is 83.0 Å². The molecule has 2 N–H and O–H groups in total. The minimum absolute atomic E-state index is 0.259. The Bertz CT molecular complexity index is 528. The number of fused-ring (bicyclic) bond motifs is 1. The fraction of sp³-hybridized carbons (Fsp3) is 0.818. The van der Waals surface area contributed by atoms with Crippen LogP contribution in [0, 0.1) is 5.92 Å². The molecular formula is C22H37FN2O2. The number of hydrogen-bond acceptors (Lipinski definition) is 4. The molecule has 3 aliphatic rings. The van der Waals surface area contributed by atoms with E-state index < -0.39 is 12.8 Å². The van der Waals surface area contributed by atoms with Gasteiger partial charge in [0.2, 0.25) is 0 Å². The van der Waals surface area contributed by atoms with Crippen molar-refractivity contribution in [2.24, 2.45) is 5.92 Å². The number of aliphatic hydroxyl groups excluding tert-OH is 1. The van der Waals surface area contributed by atoms with Gasteiger partial charge < -0.3 is 20.1 Å². The first-order valence-electron chi connectivity index (χ1n) is 10.9. The number of nitrogens with zero attached hydrogens (tertiary/aromatic N) is 1. The summed E-state index contributed by atoms with van der Waals surface area (Å²) in [5.41, 5.74) is 1.61. The van der Waals surface area contributed by atoms with Crippen LogP contribution in [0.15, 0.2) is 23.5 Å². The molecule has 0 radical (unpaired) electrons. The van der Waals surface area contributed by atoms with Crippen LogP contribution in [0.1, 0.15) is 58.8 Å². The van der Waals surface area contributed by atoms with Crippen molar-refractivity contribution in [2.75, 3.05) is 26.4 Å². The Labute approximate surface area is 163 Å². The Morgan fingerprint density at radius 3 is 2.67 bits per heavy atom. The van der Waals surface area contributed by atoms with Crippen LogP contribution in [-0.2, 0) is 4.74 Å². The van der Waals surface area contributed by atoms with Gasteiger partial charge in [0.15, 0.2) is 0 Å². The minimum atomic E-state index is -0.705. The summed E-state index contributed by atoms with van der Waals surface area (Å²) in [7, 11) is 0. The van der Waals surface area contributed by atoms with Gasteiger partial charge in [-0.2, -0.15) is 0 Å². The molecule has 154 valence electrons. The number of nitrogens with one attached hydrogen (secondary N) is 1. The zero-order chi connectivity index (χ0) is 19.2. The monoisotopic (exact) mass is 380 g/mol. The summed E-state index contributed by atoms with van der Waals surface area (Å²) in [6, 6.07) is 1.73. The number of ether oxygens (including phenoxy) is 1. The molecule has 4 nitrogen and oxygen atoms in total. The van der Waals surface area contributed by atoms with Gasteiger partial charge in [-0.15, -0.1) is 0 Å². The Hall–Kier alpha value is -0.910. The lowest BCUT2D eigenvalue weighted by Crippen LogP contribution is -2.50. The molecule has 0 aromatic heterocycles. The van der Waals surface area contributed by atoms with E-state index in [1.54, 1.807) is 5.57 Å². The van der Waals surface area contributed by atoms with E-state index in [0.717, 1.165) is 31.7 Å². The second-order valence-electron chi connectivity index (χ2n) is 8.28. The zero-order valence-electron chi connectivity index (χ0n) is 17.0. The molecule has 1 aliphatic heterocycles. The van der Waals surface area contributed by atoms with Gasteiger partial charge in [0.05, 0.1) is 12.4 Å². The summed E-state index contributed by atoms with van der Waals surface area (Å²) in [6.45, 7) is 5.92. The van der Waals surface area contributed by atoms with Gasteiger partial charge in [-0.05, 0) is 63.6 Å². The highest BCUT2D eigenvalue weighted by molar-refractivity contribution is 5.18. The quantitative estimate of drug-likeness (QED) is 0.632. The molecule has 27 heavy (non-hydrogen) atoms. The van der Waals surface area contributed by atoms with Crippen molar-refractivity contribution >= 4 is 0 Å². The van der Waals surface area contributed by atoms with Crippen LogP contribution in [0.3, 0.4) is 0 Å². The van der Waals surface area contributed by atoms with E-state index in [4.69, 9.17) is 9.84 Å². The largest absolute Gasteiger partial charge is 0.490 e. The van der Waals surface area contributed by atoms with Crippen LogP contribution in [0.2, 0.25) is 0 Å². The first-order valence-corrected chi connectivity index (χ1v) is 10.9. The van der Waals surface area contributed by atoms with Crippen molar-refractivity contribution in [3.8, 4) is 0 Å². The third-order valence-corrected chi connectivity index (χ3v) is 6.76. The standard InChI is InChI=1S/C22H37FN2O2/c1-3-25(4-2)18-8-5-16(6-9-18)21-11-7-17-13-19(10-12-22(17)24-21)27-20(14-23)15-26/h5,10,17-18,20-22,24,26H,3-4,6-9,11-15H2,1-2H3/t17-,18+,20?,21+,22+/m1/s1. The normalized spacial score (nSPS) is 32.5. The molecule has 1 fully saturated rings. The average Bonchev–Trinajstić information content (AvgIpc) is 2.73. The number of rotatable bonds is 8. The van der Waals surface area contributed by atoms with Crippen molar-refractivity contribution < 1.29 is 14.2 Å². The van der Waals surface area contributed by atoms with E-state index in [1.165, 1.54) is 32.1 Å². The van der Waals surface area contributed by atoms with Crippen molar-refractivity contribution in [3.63, 3.8) is 0 Å². The summed E-state index contributed by atoms with van der Waals surface area (Å²) in [4.78, 5) is 2.59. The lowest BCUT2D eigenvalue weighted by molar-refractivity contribution is 0.0273. The molecule has 0 saturated carbocycles. The molecule has 2 aliphatic carbocycles. The Kier molecular flexibility index (Phi) is 7.74. The predicted molar refractivity (Wildman–Crippen MR) is 107 cm³/mol. The molecule has 1 unspecified atom stereocenters. The van der Waals surface area contributed by atoms with Crippen molar-refractivity contribution in [1.29, 1.82) is 0 Å². The second kappa shape index (κ2) is 10.0. The van der Waals surface area contributed by atoms with Gasteiger partial charge in [-0.3, -0.25) is 0 Å². The maximum atomic E-state index is 12.8. The molecular weight excluding hydrogens is 343 g/mol. The highest BCUT2D eigenvalue weighted by atomic mass is 19.1. The summed E-state index contributed by atoms with van der Waals surface area (Å²) < 4.78 is 18.4. The second-order valence-corrected chi connectivity index (χ2v) is 8.28. The Morgan fingerprint density at radius 2 is 2.04 bits per heavy atom. The van der Waals surface area contributed by atoms with E-state index >= 15 is 0 Å². The maximum Gasteiger partial charge on any atom is 0.149 e. The summed E-state index contributed by atoms with van der Waals surface area (Å²) in [5, 5.41) is 13.0. The van der Waals surface area contributed by atoms with Crippen LogP contribution < -0.4 is 5.32 Å². The van der Waals surface area contributed by atoms with Gasteiger partial charge in [0.25, 0.3) is 0 Å². The molecule has 0 amide bonds. The molecule has 0 aromatic rings. The van der Waals surface area contributed by atoms with Gasteiger partial charge in [0, 0.05) is 24.5 Å². The third kappa shape index (κ3) is 5.12. The first kappa shape index (κ1) is 20.8. The lowest BCUT2D eigenvalue weighted by atomic mass is 9.77. The van der Waals surface area contributed by atoms with Gasteiger partial charge in [0.1, 0.15) is 12.8 Å². The number of piperidine rings is 1. The van der Waals surface area contributed by atoms with Crippen molar-refractivity contribution in [3.05, 3.63) is 23.5 Å². The van der Waals surface area contributed by atoms with Gasteiger partial charge in [-0.25, -0.2) is 4.39 Å². The third-order valence-electron chi connectivity index (χ3n) is 6.76. The molecule has 0 aromatic carbocycles. The molecule has 1 heterocycles. The molecule has 3 rings (SSSR count). The van der Waals surface area contributed by atoms with E-state index in [-0.39, 0.29) is 6.61 Å².